The number of H-pyrrole nitrogens is 3. The van der Waals surface area contributed by atoms with Crippen LogP contribution in [-0.4, -0.2) is 167 Å². The van der Waals surface area contributed by atoms with Crippen molar-refractivity contribution >= 4 is 91.1 Å². The van der Waals surface area contributed by atoms with Crippen molar-refractivity contribution in [3.63, 3.8) is 0 Å². The summed E-state index contributed by atoms with van der Waals surface area (Å²) in [6, 6.07) is 44.8. The molecule has 3 aliphatic rings. The Kier molecular flexibility index (Phi) is 24.5. The molecule has 12 aromatic rings. The molecule has 9 heterocycles. The maximum atomic E-state index is 13.0. The van der Waals surface area contributed by atoms with Gasteiger partial charge in [0, 0.05) is 110 Å². The van der Waals surface area contributed by atoms with Crippen LogP contribution in [-0.2, 0) is 14.4 Å². The number of piperidine rings is 3. The van der Waals surface area contributed by atoms with E-state index >= 15 is 0 Å². The van der Waals surface area contributed by atoms with E-state index in [4.69, 9.17) is 54.6 Å². The molecule has 0 radical (unpaired) electrons. The maximum absolute atomic E-state index is 13.0. The predicted molar refractivity (Wildman–Crippen MR) is 445 cm³/mol. The third kappa shape index (κ3) is 18.4. The van der Waals surface area contributed by atoms with Gasteiger partial charge in [-0.1, -0.05) is 96.5 Å². The quantitative estimate of drug-likeness (QED) is 0.0410. The minimum Gasteiger partial charge on any atom is -0.457 e. The summed E-state index contributed by atoms with van der Waals surface area (Å²) < 4.78 is 23.7. The summed E-state index contributed by atoms with van der Waals surface area (Å²) >= 11 is 12.0. The summed E-state index contributed by atoms with van der Waals surface area (Å²) in [6.45, 7) is 10.6. The number of carbonyl (C=O) groups excluding carboxylic acids is 3. The lowest BCUT2D eigenvalue weighted by molar-refractivity contribution is -0.128. The number of nitrogens with one attached hydrogen (secondary N) is 3. The number of likely N-dealkylation sites (tertiary alicyclic amines) is 3. The van der Waals surface area contributed by atoms with Crippen LogP contribution in [0.3, 0.4) is 0 Å². The Labute approximate surface area is 661 Å². The molecule has 3 saturated heterocycles. The monoisotopic (exact) mass is 1560 g/mol. The molecule has 3 aliphatic heterocycles. The van der Waals surface area contributed by atoms with E-state index in [0.717, 1.165) is 83.2 Å². The Morgan fingerprint density at radius 3 is 1.15 bits per heavy atom. The molecule has 6 aromatic carbocycles. The van der Waals surface area contributed by atoms with Gasteiger partial charge in [0.2, 0.25) is 17.7 Å². The zero-order valence-corrected chi connectivity index (χ0v) is 64.9. The van der Waals surface area contributed by atoms with E-state index in [1.807, 2.05) is 208 Å². The maximum Gasteiger partial charge on any atom is 0.288 e. The van der Waals surface area contributed by atoms with Crippen LogP contribution in [0.1, 0.15) is 62.2 Å². The first-order valence-electron chi connectivity index (χ1n) is 37.2. The van der Waals surface area contributed by atoms with E-state index < -0.39 is 0 Å². The predicted octanol–water partition coefficient (Wildman–Crippen LogP) is 13.8. The van der Waals surface area contributed by atoms with Crippen molar-refractivity contribution in [3.8, 4) is 67.9 Å². The number of benzene rings is 6. The van der Waals surface area contributed by atoms with Crippen LogP contribution < -0.4 is 48.1 Å². The number of aryl methyl sites for hydroxylation is 1. The largest absolute Gasteiger partial charge is 0.457 e. The van der Waals surface area contributed by atoms with Crippen molar-refractivity contribution in [1.29, 1.82) is 0 Å². The van der Waals surface area contributed by atoms with E-state index in [0.29, 0.717) is 124 Å². The van der Waals surface area contributed by atoms with Crippen molar-refractivity contribution in [2.75, 3.05) is 97.7 Å². The Bertz CT molecular complexity index is 5710. The first-order chi connectivity index (χ1) is 54.5. The number of aromatic amines is 3. The normalized spacial score (nSPS) is 15.9. The third-order valence-corrected chi connectivity index (χ3v) is 20.6. The first kappa shape index (κ1) is 78.6. The van der Waals surface area contributed by atoms with Crippen LogP contribution in [0.5, 0.6) is 34.5 Å². The number of halogens is 2. The fourth-order valence-electron chi connectivity index (χ4n) is 14.7. The molecule has 0 bridgehead atoms. The van der Waals surface area contributed by atoms with Crippen molar-refractivity contribution in [3.05, 3.63) is 248 Å². The summed E-state index contributed by atoms with van der Waals surface area (Å²) in [5.74, 6) is 4.69. The number of anilines is 3. The molecule has 3 fully saturated rings. The van der Waals surface area contributed by atoms with Crippen molar-refractivity contribution in [2.24, 2.45) is 0 Å². The van der Waals surface area contributed by atoms with Crippen LogP contribution in [0.25, 0.3) is 66.1 Å². The molecule has 15 rings (SSSR count). The highest BCUT2D eigenvalue weighted by molar-refractivity contribution is 6.31. The standard InChI is InChI=1S/2C29H31ClN6O3.C27H27N5O3/c1-34(2)14-5-9-25(37)35-15-4-7-21(17-35)36-18-24(26-27(36)29(38)33-32-28(26)31)19-10-12-22(13-11-19)39-23-8-3-6-20(30)16-23;1-34(2)15-4-6-25(37)35-16-3-5-21(17-35)36-18-24(26-27(36)29(38)33-32-28(26)31)19-7-11-22(12-8-19)39-23-13-9-20(30)10-14-23;1-3-23(33)31-13-5-7-19(15-31)32-16-22(24-25(32)27(34)30-29-26(24)28)18-9-11-20(12-10-18)35-21-8-4-6-17(2)14-21/h3,5-6,8-13,16,18,21H,4,7,14-15,17H2,1-2H3,(H2,31,32)(H,33,38);4,6-14,18,21H,3,5,15-17H2,1-2H3,(H2,31,32)(H,33,38);3-4,6,8-12,14,16,19H,1,5,7,13,15H2,2H3,(H2,28,29)(H,30,34)/b9-5+;6-4+;. The average Bonchev–Trinajstić information content (AvgIpc) is 1.62. The fraction of sp³-hybridized carbons (Fsp3) is 0.259. The summed E-state index contributed by atoms with van der Waals surface area (Å²) in [6.07, 6.45) is 19.2. The van der Waals surface area contributed by atoms with Gasteiger partial charge in [-0.2, -0.15) is 15.3 Å². The minimum atomic E-state index is -0.319. The van der Waals surface area contributed by atoms with E-state index in [1.54, 1.807) is 53.5 Å². The Balaban J connectivity index is 0.000000148. The van der Waals surface area contributed by atoms with Crippen LogP contribution >= 0.6 is 23.2 Å². The SMILES string of the molecule is C=CC(=O)N1CCCC(n2cc(-c3ccc(Oc4cccc(C)c4)cc3)c3c(N)n[nH]c(=O)c32)C1.CN(C)C/C=C/C(=O)N1CCCC(n2cc(-c3ccc(Oc4ccc(Cl)cc4)cc3)c3c(N)n[nH]c(=O)c32)C1.CN(C)C/C=C/C(=O)N1CCCC(n2cc(-c3ccc(Oc4cccc(Cl)c4)cc3)c3c(N)n[nH]c(=O)c32)C1. The van der Waals surface area contributed by atoms with Gasteiger partial charge in [0.1, 0.15) is 51.0 Å². The van der Waals surface area contributed by atoms with Gasteiger partial charge < -0.3 is 69.6 Å². The highest BCUT2D eigenvalue weighted by Gasteiger charge is 2.32. The number of rotatable bonds is 19. The molecule has 0 spiro atoms. The van der Waals surface area contributed by atoms with E-state index in [9.17, 15) is 28.8 Å². The smallest absolute Gasteiger partial charge is 0.288 e. The van der Waals surface area contributed by atoms with Gasteiger partial charge in [0.25, 0.3) is 16.7 Å². The lowest BCUT2D eigenvalue weighted by Gasteiger charge is -2.33. The second-order valence-corrected chi connectivity index (χ2v) is 29.6. The molecular weight excluding hydrogens is 1470 g/mol. The molecule has 28 heteroatoms. The number of likely N-dealkylation sites (N-methyl/N-ethyl adjacent to an activating group) is 2. The van der Waals surface area contributed by atoms with Gasteiger partial charge >= 0.3 is 0 Å². The Hall–Kier alpha value is -12.5. The molecule has 6 aromatic heterocycles. The number of nitrogen functional groups attached to an aromatic ring is 3. The number of amides is 3. The van der Waals surface area contributed by atoms with Gasteiger partial charge in [-0.05, 0) is 193 Å². The summed E-state index contributed by atoms with van der Waals surface area (Å²) in [7, 11) is 7.83. The number of hydrogen-bond acceptors (Lipinski definition) is 17. The van der Waals surface area contributed by atoms with E-state index in [1.165, 1.54) is 6.08 Å². The van der Waals surface area contributed by atoms with E-state index in [-0.39, 0.29) is 70.0 Å². The minimum absolute atomic E-state index is 0.0235. The van der Waals surface area contributed by atoms with Crippen molar-refractivity contribution in [1.82, 2.24) is 68.8 Å². The van der Waals surface area contributed by atoms with Crippen LogP contribution in [0.2, 0.25) is 10.0 Å². The molecule has 113 heavy (non-hydrogen) atoms. The number of aromatic nitrogens is 9. The summed E-state index contributed by atoms with van der Waals surface area (Å²) in [4.78, 5) is 86.3. The Morgan fingerprint density at radius 1 is 0.469 bits per heavy atom. The summed E-state index contributed by atoms with van der Waals surface area (Å²) in [5.41, 5.74) is 25.4. The van der Waals surface area contributed by atoms with Gasteiger partial charge in [0.15, 0.2) is 17.5 Å². The zero-order valence-electron chi connectivity index (χ0n) is 63.4. The molecule has 0 aliphatic carbocycles. The number of hydrogen-bond donors (Lipinski definition) is 6. The topological polar surface area (TPSA) is 325 Å². The molecule has 582 valence electrons. The van der Waals surface area contributed by atoms with Gasteiger partial charge in [0.05, 0.1) is 34.3 Å². The Morgan fingerprint density at radius 2 is 0.805 bits per heavy atom. The molecule has 3 atom stereocenters. The van der Waals surface area contributed by atoms with Crippen molar-refractivity contribution < 1.29 is 28.6 Å². The average molecular weight is 1560 g/mol. The number of nitrogens with two attached hydrogens (primary N) is 3. The zero-order chi connectivity index (χ0) is 79.6. The lowest BCUT2D eigenvalue weighted by Crippen LogP contribution is -2.40. The molecule has 3 amide bonds. The summed E-state index contributed by atoms with van der Waals surface area (Å²) in [5, 5.41) is 22.7. The third-order valence-electron chi connectivity index (χ3n) is 20.1. The molecular formula is C85H89Cl2N17O9. The second-order valence-electron chi connectivity index (χ2n) is 28.7. The van der Waals surface area contributed by atoms with Gasteiger partial charge in [-0.3, -0.25) is 28.8 Å². The number of ether oxygens (including phenoxy) is 3. The van der Waals surface area contributed by atoms with Crippen LogP contribution in [0, 0.1) is 6.92 Å². The molecule has 0 saturated carbocycles. The van der Waals surface area contributed by atoms with Gasteiger partial charge in [-0.15, -0.1) is 0 Å². The van der Waals surface area contributed by atoms with Gasteiger partial charge in [-0.25, -0.2) is 15.3 Å². The molecule has 9 N–H and O–H groups in total. The number of fused-ring (bicyclic) bond motifs is 3. The van der Waals surface area contributed by atoms with Crippen LogP contribution in [0.4, 0.5) is 17.5 Å². The van der Waals surface area contributed by atoms with E-state index in [2.05, 4.69) is 37.2 Å². The highest BCUT2D eigenvalue weighted by Crippen LogP contribution is 2.41. The fourth-order valence-corrected chi connectivity index (χ4v) is 15.0. The first-order valence-corrected chi connectivity index (χ1v) is 38.0. The van der Waals surface area contributed by atoms with Crippen LogP contribution in [0.15, 0.2) is 216 Å². The number of nitrogens with zero attached hydrogens (tertiary/aromatic N) is 11. The molecule has 26 nitrogen and oxygen atoms in total. The highest BCUT2D eigenvalue weighted by atomic mass is 35.5. The van der Waals surface area contributed by atoms with Crippen molar-refractivity contribution in [2.45, 2.75) is 63.6 Å². The lowest BCUT2D eigenvalue weighted by atomic mass is 10.1. The number of carbonyl (C=O) groups is 3. The second kappa shape index (κ2) is 35.3. The molecule has 3 unspecified atom stereocenters.